The summed E-state index contributed by atoms with van der Waals surface area (Å²) in [6, 6.07) is 71.1. The molecule has 8 aromatic rings. The summed E-state index contributed by atoms with van der Waals surface area (Å²) in [5, 5.41) is 3.58. The maximum atomic E-state index is 3.58. The summed E-state index contributed by atoms with van der Waals surface area (Å²) in [5.41, 5.74) is 17.2. The fraction of sp³-hybridized carbons (Fsp3) is 0.111. The minimum absolute atomic E-state index is 0.0493. The number of fused-ring (bicyclic) bond motifs is 2. The van der Waals surface area contributed by atoms with Crippen molar-refractivity contribution in [1.82, 2.24) is 0 Å². The van der Waals surface area contributed by atoms with E-state index in [4.69, 9.17) is 0 Å². The van der Waals surface area contributed by atoms with Crippen molar-refractivity contribution in [1.29, 1.82) is 0 Å². The molecule has 0 bridgehead atoms. The second kappa shape index (κ2) is 14.5. The van der Waals surface area contributed by atoms with Gasteiger partial charge < -0.3 is 5.32 Å². The van der Waals surface area contributed by atoms with Crippen LogP contribution in [0.25, 0.3) is 44.5 Å². The smallest absolute Gasteiger partial charge is 0.0526 e. The molecule has 1 aliphatic rings. The van der Waals surface area contributed by atoms with Crippen molar-refractivity contribution in [3.63, 3.8) is 0 Å². The summed E-state index contributed by atoms with van der Waals surface area (Å²) in [7, 11) is 0. The van der Waals surface area contributed by atoms with Gasteiger partial charge in [-0.05, 0) is 97.1 Å². The largest absolute Gasteiger partial charge is 0.354 e. The molecular formula is C54H45NS. The third-order valence-corrected chi connectivity index (χ3v) is 12.9. The molecule has 0 aromatic heterocycles. The monoisotopic (exact) mass is 739 g/mol. The van der Waals surface area contributed by atoms with Crippen LogP contribution in [0.5, 0.6) is 0 Å². The second-order valence-electron chi connectivity index (χ2n) is 15.9. The van der Waals surface area contributed by atoms with Crippen LogP contribution in [0.3, 0.4) is 0 Å². The Kier molecular flexibility index (Phi) is 9.24. The highest BCUT2D eigenvalue weighted by Crippen LogP contribution is 2.45. The highest BCUT2D eigenvalue weighted by Gasteiger charge is 2.26. The summed E-state index contributed by atoms with van der Waals surface area (Å²) >= 11 is 1.83. The maximum absolute atomic E-state index is 3.58. The van der Waals surface area contributed by atoms with E-state index in [9.17, 15) is 0 Å². The van der Waals surface area contributed by atoms with Crippen LogP contribution in [-0.4, -0.2) is 0 Å². The number of nitrogens with one attached hydrogen (secondary N) is 1. The van der Waals surface area contributed by atoms with Gasteiger partial charge in [0.1, 0.15) is 0 Å². The van der Waals surface area contributed by atoms with Gasteiger partial charge in [0.15, 0.2) is 0 Å². The van der Waals surface area contributed by atoms with Gasteiger partial charge in [-0.2, -0.15) is 0 Å². The van der Waals surface area contributed by atoms with Crippen molar-refractivity contribution in [2.24, 2.45) is 0 Å². The molecule has 9 rings (SSSR count). The molecule has 1 nitrogen and oxygen atoms in total. The fourth-order valence-electron chi connectivity index (χ4n) is 7.97. The average molecular weight is 740 g/mol. The van der Waals surface area contributed by atoms with E-state index in [1.54, 1.807) is 0 Å². The summed E-state index contributed by atoms with van der Waals surface area (Å²) in [6.45, 7) is 9.25. The summed E-state index contributed by atoms with van der Waals surface area (Å²) in [5.74, 6) is 0. The minimum atomic E-state index is -0.116. The Morgan fingerprint density at radius 1 is 0.304 bits per heavy atom. The van der Waals surface area contributed by atoms with Crippen molar-refractivity contribution in [3.8, 4) is 44.5 Å². The van der Waals surface area contributed by atoms with Crippen LogP contribution in [0, 0.1) is 0 Å². The number of rotatable bonds is 8. The van der Waals surface area contributed by atoms with Crippen LogP contribution in [0.2, 0.25) is 0 Å². The lowest BCUT2D eigenvalue weighted by molar-refractivity contribution is 0.626. The topological polar surface area (TPSA) is 12.0 Å². The van der Waals surface area contributed by atoms with Gasteiger partial charge in [0, 0.05) is 20.6 Å². The Hall–Kier alpha value is -6.09. The Bertz CT molecular complexity index is 2630. The molecule has 56 heavy (non-hydrogen) atoms. The first-order valence-corrected chi connectivity index (χ1v) is 20.3. The van der Waals surface area contributed by atoms with Crippen LogP contribution < -0.4 is 5.32 Å². The van der Waals surface area contributed by atoms with Crippen LogP contribution in [0.1, 0.15) is 49.9 Å². The van der Waals surface area contributed by atoms with E-state index in [0.717, 1.165) is 5.69 Å². The molecule has 0 unspecified atom stereocenters. The number of anilines is 2. The first-order valence-electron chi connectivity index (χ1n) is 19.5. The van der Waals surface area contributed by atoms with Crippen LogP contribution in [-0.2, 0) is 10.8 Å². The Morgan fingerprint density at radius 3 is 1.21 bits per heavy atom. The van der Waals surface area contributed by atoms with Gasteiger partial charge in [0.2, 0.25) is 0 Å². The molecule has 1 heterocycles. The SMILES string of the molecule is CC(C)(c1ccccc1)c1ccc(C(C)(C)c2ccc(-c3ccc(-c4cccc(-c5ccc(-c6ccc7c(c6)Sc6ccccc6N7)cc5)c4)cc3)cc2)cc1. The predicted molar refractivity (Wildman–Crippen MR) is 239 cm³/mol. The highest BCUT2D eigenvalue weighted by molar-refractivity contribution is 7.99. The van der Waals surface area contributed by atoms with Crippen molar-refractivity contribution >= 4 is 23.1 Å². The molecule has 0 atom stereocenters. The lowest BCUT2D eigenvalue weighted by Crippen LogP contribution is -2.21. The fourth-order valence-corrected chi connectivity index (χ4v) is 9.00. The number of benzene rings is 8. The molecule has 1 aliphatic heterocycles. The van der Waals surface area contributed by atoms with E-state index >= 15 is 0 Å². The van der Waals surface area contributed by atoms with Gasteiger partial charge in [-0.15, -0.1) is 0 Å². The Morgan fingerprint density at radius 2 is 0.679 bits per heavy atom. The highest BCUT2D eigenvalue weighted by atomic mass is 32.2. The lowest BCUT2D eigenvalue weighted by Gasteiger charge is -2.29. The van der Waals surface area contributed by atoms with Gasteiger partial charge in [-0.3, -0.25) is 0 Å². The lowest BCUT2D eigenvalue weighted by atomic mass is 9.74. The summed E-state index contributed by atoms with van der Waals surface area (Å²) < 4.78 is 0. The van der Waals surface area contributed by atoms with Gasteiger partial charge in [0.25, 0.3) is 0 Å². The standard InChI is InChI=1S/C54H45NS/c1-53(2,45-13-6-5-7-14-45)47-30-32-48(33-31-47)54(3,4)46-28-25-38(26-29-46)37-17-19-39(20-18-37)42-11-10-12-43(35-42)40-21-23-41(24-22-40)44-27-34-50-52(36-44)56-51-16-9-8-15-49(51)55-50/h5-36,55H,1-4H3. The number of para-hydroxylation sites is 1. The minimum Gasteiger partial charge on any atom is -0.354 e. The zero-order valence-electron chi connectivity index (χ0n) is 32.4. The third-order valence-electron chi connectivity index (χ3n) is 11.8. The normalized spacial score (nSPS) is 12.4. The molecule has 272 valence electrons. The van der Waals surface area contributed by atoms with Crippen LogP contribution in [0.4, 0.5) is 11.4 Å². The molecule has 1 N–H and O–H groups in total. The van der Waals surface area contributed by atoms with Crippen molar-refractivity contribution in [2.45, 2.75) is 48.3 Å². The zero-order chi connectivity index (χ0) is 38.3. The quantitative estimate of drug-likeness (QED) is 0.167. The molecule has 8 aromatic carbocycles. The van der Waals surface area contributed by atoms with E-state index in [-0.39, 0.29) is 10.8 Å². The van der Waals surface area contributed by atoms with Gasteiger partial charge in [0.05, 0.1) is 11.4 Å². The predicted octanol–water partition coefficient (Wildman–Crippen LogP) is 15.2. The van der Waals surface area contributed by atoms with Crippen molar-refractivity contribution in [3.05, 3.63) is 216 Å². The molecule has 0 radical (unpaired) electrons. The molecule has 0 spiro atoms. The summed E-state index contributed by atoms with van der Waals surface area (Å²) in [4.78, 5) is 2.52. The van der Waals surface area contributed by atoms with Gasteiger partial charge >= 0.3 is 0 Å². The van der Waals surface area contributed by atoms with Gasteiger partial charge in [-0.1, -0.05) is 203 Å². The Balaban J connectivity index is 0.878. The van der Waals surface area contributed by atoms with E-state index in [2.05, 4.69) is 227 Å². The molecule has 0 amide bonds. The van der Waals surface area contributed by atoms with Gasteiger partial charge in [-0.25, -0.2) is 0 Å². The van der Waals surface area contributed by atoms with E-state index in [1.807, 2.05) is 11.8 Å². The number of hydrogen-bond donors (Lipinski definition) is 1. The van der Waals surface area contributed by atoms with Crippen molar-refractivity contribution in [2.75, 3.05) is 5.32 Å². The molecule has 0 saturated heterocycles. The number of hydrogen-bond acceptors (Lipinski definition) is 2. The maximum Gasteiger partial charge on any atom is 0.0526 e. The molecule has 0 aliphatic carbocycles. The molecular weight excluding hydrogens is 695 g/mol. The molecule has 2 heteroatoms. The average Bonchev–Trinajstić information content (AvgIpc) is 3.26. The van der Waals surface area contributed by atoms with E-state index in [0.29, 0.717) is 0 Å². The first kappa shape index (κ1) is 35.6. The molecule has 0 saturated carbocycles. The first-order chi connectivity index (χ1) is 27.2. The molecule has 0 fully saturated rings. The van der Waals surface area contributed by atoms with Crippen LogP contribution in [0.15, 0.2) is 204 Å². The van der Waals surface area contributed by atoms with Crippen LogP contribution >= 0.6 is 11.8 Å². The Labute approximate surface area is 336 Å². The second-order valence-corrected chi connectivity index (χ2v) is 17.0. The van der Waals surface area contributed by atoms with Crippen molar-refractivity contribution < 1.29 is 0 Å². The third kappa shape index (κ3) is 6.87. The zero-order valence-corrected chi connectivity index (χ0v) is 33.2. The summed E-state index contributed by atoms with van der Waals surface area (Å²) in [6.07, 6.45) is 0. The van der Waals surface area contributed by atoms with E-state index < -0.39 is 0 Å². The van der Waals surface area contributed by atoms with E-state index in [1.165, 1.54) is 82.2 Å².